The van der Waals surface area contributed by atoms with E-state index in [-0.39, 0.29) is 5.91 Å². The number of hydrogen-bond donors (Lipinski definition) is 1. The number of nitrogens with two attached hydrogens (primary N) is 1. The molecule has 5 heteroatoms. The van der Waals surface area contributed by atoms with Crippen LogP contribution in [0.1, 0.15) is 17.5 Å². The van der Waals surface area contributed by atoms with Crippen LogP contribution in [0.15, 0.2) is 18.2 Å². The van der Waals surface area contributed by atoms with Crippen LogP contribution in [0, 0.1) is 0 Å². The Kier molecular flexibility index (Phi) is 3.85. The molecule has 0 saturated carbocycles. The second kappa shape index (κ2) is 5.40. The van der Waals surface area contributed by atoms with Crippen molar-refractivity contribution in [2.45, 2.75) is 25.3 Å². The zero-order chi connectivity index (χ0) is 14.0. The number of aryl methyl sites for hydroxylation is 1. The fraction of sp³-hybridized carbons (Fsp3) is 0.429. The summed E-state index contributed by atoms with van der Waals surface area (Å²) >= 11 is 0. The molecule has 1 amide bonds. The highest BCUT2D eigenvalue weighted by atomic mass is 16.5. The van der Waals surface area contributed by atoms with Crippen LogP contribution in [-0.4, -0.2) is 32.1 Å². The smallest absolute Gasteiger partial charge is 0.322 e. The van der Waals surface area contributed by atoms with Gasteiger partial charge < -0.3 is 15.4 Å². The van der Waals surface area contributed by atoms with Gasteiger partial charge in [0, 0.05) is 12.7 Å². The third-order valence-corrected chi connectivity index (χ3v) is 3.47. The number of carbonyl (C=O) groups excluding carboxylic acids is 2. The minimum Gasteiger partial charge on any atom is -0.468 e. The second-order valence-electron chi connectivity index (χ2n) is 4.76. The number of hydrogen-bond acceptors (Lipinski definition) is 4. The number of benzene rings is 1. The van der Waals surface area contributed by atoms with E-state index in [2.05, 4.69) is 4.74 Å². The van der Waals surface area contributed by atoms with Gasteiger partial charge in [-0.1, -0.05) is 12.1 Å². The van der Waals surface area contributed by atoms with Gasteiger partial charge in [-0.2, -0.15) is 0 Å². The van der Waals surface area contributed by atoms with Crippen molar-refractivity contribution in [1.29, 1.82) is 0 Å². The van der Waals surface area contributed by atoms with Crippen molar-refractivity contribution in [2.75, 3.05) is 19.1 Å². The molecule has 0 fully saturated rings. The molecule has 1 heterocycles. The summed E-state index contributed by atoms with van der Waals surface area (Å²) in [6, 6.07) is 5.33. The van der Waals surface area contributed by atoms with E-state index in [0.29, 0.717) is 19.3 Å². The van der Waals surface area contributed by atoms with Crippen molar-refractivity contribution in [2.24, 2.45) is 5.73 Å². The van der Waals surface area contributed by atoms with Crippen molar-refractivity contribution < 1.29 is 14.3 Å². The highest BCUT2D eigenvalue weighted by Crippen LogP contribution is 2.28. The summed E-state index contributed by atoms with van der Waals surface area (Å²) in [5, 5.41) is 0. The molecule has 0 radical (unpaired) electrons. The van der Waals surface area contributed by atoms with Crippen LogP contribution < -0.4 is 10.6 Å². The molecule has 102 valence electrons. The summed E-state index contributed by atoms with van der Waals surface area (Å²) in [7, 11) is 3.11. The van der Waals surface area contributed by atoms with Crippen LogP contribution in [0.4, 0.5) is 5.69 Å². The van der Waals surface area contributed by atoms with Crippen molar-refractivity contribution in [3.05, 3.63) is 29.3 Å². The molecule has 2 rings (SSSR count). The first-order chi connectivity index (χ1) is 9.02. The van der Waals surface area contributed by atoms with Gasteiger partial charge >= 0.3 is 5.97 Å². The normalized spacial score (nSPS) is 15.3. The van der Waals surface area contributed by atoms with E-state index in [9.17, 15) is 9.59 Å². The van der Waals surface area contributed by atoms with E-state index in [1.165, 1.54) is 7.11 Å². The number of fused-ring (bicyclic) bond motifs is 1. The largest absolute Gasteiger partial charge is 0.468 e. The summed E-state index contributed by atoms with van der Waals surface area (Å²) in [4.78, 5) is 24.5. The van der Waals surface area contributed by atoms with Crippen molar-refractivity contribution in [3.63, 3.8) is 0 Å². The number of ether oxygens (including phenoxy) is 1. The third-order valence-electron chi connectivity index (χ3n) is 3.47. The number of carbonyl (C=O) groups is 2. The van der Waals surface area contributed by atoms with Gasteiger partial charge in [0.2, 0.25) is 5.91 Å². The average molecular weight is 262 g/mol. The fourth-order valence-corrected chi connectivity index (χ4v) is 2.27. The molecule has 0 bridgehead atoms. The van der Waals surface area contributed by atoms with E-state index >= 15 is 0 Å². The molecule has 5 nitrogen and oxygen atoms in total. The molecular weight excluding hydrogens is 244 g/mol. The van der Waals surface area contributed by atoms with Crippen molar-refractivity contribution in [1.82, 2.24) is 0 Å². The molecule has 19 heavy (non-hydrogen) atoms. The first-order valence-corrected chi connectivity index (χ1v) is 6.24. The predicted molar refractivity (Wildman–Crippen MR) is 71.9 cm³/mol. The highest BCUT2D eigenvalue weighted by molar-refractivity contribution is 6.00. The lowest BCUT2D eigenvalue weighted by atomic mass is 10.0. The van der Waals surface area contributed by atoms with Gasteiger partial charge in [-0.15, -0.1) is 0 Å². The van der Waals surface area contributed by atoms with E-state index in [0.717, 1.165) is 16.8 Å². The van der Waals surface area contributed by atoms with Gasteiger partial charge in [-0.05, 0) is 30.0 Å². The number of amides is 1. The lowest BCUT2D eigenvalue weighted by Gasteiger charge is -2.12. The van der Waals surface area contributed by atoms with Crippen molar-refractivity contribution in [3.8, 4) is 0 Å². The molecule has 1 aromatic rings. The Morgan fingerprint density at radius 1 is 1.53 bits per heavy atom. The molecule has 0 aromatic heterocycles. The molecule has 1 aliphatic heterocycles. The van der Waals surface area contributed by atoms with E-state index in [1.54, 1.807) is 11.9 Å². The topological polar surface area (TPSA) is 72.6 Å². The van der Waals surface area contributed by atoms with Crippen LogP contribution in [0.25, 0.3) is 0 Å². The number of methoxy groups -OCH3 is 1. The SMILES string of the molecule is COC(=O)C(N)CCc1ccc2c(c1)CC(=O)N2C. The maximum absolute atomic E-state index is 11.6. The van der Waals surface area contributed by atoms with Crippen molar-refractivity contribution >= 4 is 17.6 Å². The number of esters is 1. The molecule has 1 unspecified atom stereocenters. The molecule has 1 aliphatic rings. The molecule has 0 spiro atoms. The summed E-state index contributed by atoms with van der Waals surface area (Å²) < 4.78 is 4.59. The molecule has 1 atom stereocenters. The zero-order valence-electron chi connectivity index (χ0n) is 11.2. The quantitative estimate of drug-likeness (QED) is 0.808. The minimum absolute atomic E-state index is 0.110. The molecule has 2 N–H and O–H groups in total. The number of likely N-dealkylation sites (N-methyl/N-ethyl adjacent to an activating group) is 1. The first-order valence-electron chi connectivity index (χ1n) is 6.24. The second-order valence-corrected chi connectivity index (χ2v) is 4.76. The first kappa shape index (κ1) is 13.5. The predicted octanol–water partition coefficient (Wildman–Crippen LogP) is 0.638. The summed E-state index contributed by atoms with van der Waals surface area (Å²) in [5.41, 5.74) is 8.78. The number of rotatable bonds is 4. The van der Waals surface area contributed by atoms with Gasteiger partial charge in [0.15, 0.2) is 0 Å². The summed E-state index contributed by atoms with van der Waals surface area (Å²) in [5.74, 6) is -0.283. The fourth-order valence-electron chi connectivity index (χ4n) is 2.27. The maximum Gasteiger partial charge on any atom is 0.322 e. The molecule has 0 saturated heterocycles. The van der Waals surface area contributed by atoms with Gasteiger partial charge in [0.1, 0.15) is 6.04 Å². The Morgan fingerprint density at radius 3 is 2.95 bits per heavy atom. The minimum atomic E-state index is -0.595. The van der Waals surface area contributed by atoms with Gasteiger partial charge in [0.05, 0.1) is 13.5 Å². The van der Waals surface area contributed by atoms with Gasteiger partial charge in [-0.3, -0.25) is 9.59 Å². The number of nitrogens with zero attached hydrogens (tertiary/aromatic N) is 1. The Labute approximate surface area is 112 Å². The van der Waals surface area contributed by atoms with E-state index < -0.39 is 12.0 Å². The highest BCUT2D eigenvalue weighted by Gasteiger charge is 2.24. The number of anilines is 1. The lowest BCUT2D eigenvalue weighted by molar-refractivity contribution is -0.142. The van der Waals surface area contributed by atoms with Crippen LogP contribution in [0.5, 0.6) is 0 Å². The standard InChI is InChI=1S/C14H18N2O3/c1-16-12-6-4-9(7-10(12)8-13(16)17)3-5-11(15)14(18)19-2/h4,6-7,11H,3,5,8,15H2,1-2H3. The monoisotopic (exact) mass is 262 g/mol. The molecule has 0 aliphatic carbocycles. The van der Waals surface area contributed by atoms with E-state index in [1.807, 2.05) is 18.2 Å². The third kappa shape index (κ3) is 2.76. The zero-order valence-corrected chi connectivity index (χ0v) is 11.2. The van der Waals surface area contributed by atoms with Crippen LogP contribution in [-0.2, 0) is 27.2 Å². The van der Waals surface area contributed by atoms with E-state index in [4.69, 9.17) is 5.73 Å². The van der Waals surface area contributed by atoms with Crippen LogP contribution in [0.3, 0.4) is 0 Å². The Bertz CT molecular complexity index is 513. The lowest BCUT2D eigenvalue weighted by Crippen LogP contribution is -2.31. The summed E-state index contributed by atoms with van der Waals surface area (Å²) in [6.07, 6.45) is 1.68. The Hall–Kier alpha value is -1.88. The van der Waals surface area contributed by atoms with Crippen LogP contribution in [0.2, 0.25) is 0 Å². The Morgan fingerprint density at radius 2 is 2.26 bits per heavy atom. The Balaban J connectivity index is 2.02. The maximum atomic E-state index is 11.6. The average Bonchev–Trinajstić information content (AvgIpc) is 2.70. The van der Waals surface area contributed by atoms with Gasteiger partial charge in [-0.25, -0.2) is 0 Å². The van der Waals surface area contributed by atoms with Gasteiger partial charge in [0.25, 0.3) is 0 Å². The van der Waals surface area contributed by atoms with Crippen LogP contribution >= 0.6 is 0 Å². The summed E-state index contributed by atoms with van der Waals surface area (Å²) in [6.45, 7) is 0. The molecular formula is C14H18N2O3. The molecule has 1 aromatic carbocycles.